The molecule has 0 aliphatic rings. The molecule has 16 heavy (non-hydrogen) atoms. The minimum Gasteiger partial charge on any atom is -0.492 e. The van der Waals surface area contributed by atoms with Crippen molar-refractivity contribution in [3.63, 3.8) is 0 Å². The number of anilines is 1. The maximum Gasteiger partial charge on any atom is 0.139 e. The van der Waals surface area contributed by atoms with Gasteiger partial charge in [-0.2, -0.15) is 5.26 Å². The van der Waals surface area contributed by atoms with Crippen LogP contribution in [-0.4, -0.2) is 19.7 Å². The predicted molar refractivity (Wildman–Crippen MR) is 65.9 cm³/mol. The van der Waals surface area contributed by atoms with Gasteiger partial charge in [-0.25, -0.2) is 0 Å². The first-order chi connectivity index (χ1) is 7.76. The Balaban J connectivity index is 3.06. The molecule has 3 nitrogen and oxygen atoms in total. The van der Waals surface area contributed by atoms with Crippen LogP contribution in [0.5, 0.6) is 5.75 Å². The Labute approximate surface area is 97.3 Å². The molecule has 3 heteroatoms. The van der Waals surface area contributed by atoms with E-state index in [2.05, 4.69) is 24.8 Å². The highest BCUT2D eigenvalue weighted by atomic mass is 16.5. The summed E-state index contributed by atoms with van der Waals surface area (Å²) < 4.78 is 5.46. The minimum absolute atomic E-state index is 0.580. The van der Waals surface area contributed by atoms with Crippen molar-refractivity contribution >= 4 is 5.69 Å². The summed E-state index contributed by atoms with van der Waals surface area (Å²) in [5, 5.41) is 8.95. The summed E-state index contributed by atoms with van der Waals surface area (Å²) >= 11 is 0. The Kier molecular flexibility index (Phi) is 4.65. The molecule has 0 radical (unpaired) electrons. The highest BCUT2D eigenvalue weighted by Crippen LogP contribution is 2.25. The Morgan fingerprint density at radius 1 is 1.25 bits per heavy atom. The Morgan fingerprint density at radius 3 is 2.44 bits per heavy atom. The van der Waals surface area contributed by atoms with E-state index in [9.17, 15) is 0 Å². The quantitative estimate of drug-likeness (QED) is 0.762. The van der Waals surface area contributed by atoms with Crippen LogP contribution in [0.1, 0.15) is 26.3 Å². The molecule has 86 valence electrons. The Hall–Kier alpha value is -1.69. The Bertz CT molecular complexity index is 378. The van der Waals surface area contributed by atoms with Crippen LogP contribution in [0.4, 0.5) is 5.69 Å². The van der Waals surface area contributed by atoms with Crippen LogP contribution in [0, 0.1) is 11.3 Å². The van der Waals surface area contributed by atoms with Crippen LogP contribution in [0.15, 0.2) is 18.2 Å². The number of benzene rings is 1. The first kappa shape index (κ1) is 12.4. The monoisotopic (exact) mass is 218 g/mol. The van der Waals surface area contributed by atoms with E-state index in [1.54, 1.807) is 0 Å². The number of ether oxygens (including phenoxy) is 1. The molecule has 0 unspecified atom stereocenters. The number of nitriles is 1. The van der Waals surface area contributed by atoms with Crippen molar-refractivity contribution in [2.75, 3.05) is 24.6 Å². The number of nitrogens with zero attached hydrogens (tertiary/aromatic N) is 2. The summed E-state index contributed by atoms with van der Waals surface area (Å²) in [6.07, 6.45) is 0. The average molecular weight is 218 g/mol. The van der Waals surface area contributed by atoms with E-state index < -0.39 is 0 Å². The minimum atomic E-state index is 0.580. The van der Waals surface area contributed by atoms with Crippen LogP contribution >= 0.6 is 0 Å². The van der Waals surface area contributed by atoms with Crippen molar-refractivity contribution < 1.29 is 4.74 Å². The van der Waals surface area contributed by atoms with Gasteiger partial charge in [0.1, 0.15) is 11.8 Å². The van der Waals surface area contributed by atoms with Gasteiger partial charge in [0, 0.05) is 24.8 Å². The van der Waals surface area contributed by atoms with Crippen LogP contribution in [-0.2, 0) is 0 Å². The zero-order chi connectivity index (χ0) is 12.0. The average Bonchev–Trinajstić information content (AvgIpc) is 2.31. The molecular formula is C13H18N2O. The van der Waals surface area contributed by atoms with E-state index in [1.165, 1.54) is 0 Å². The van der Waals surface area contributed by atoms with E-state index in [0.717, 1.165) is 18.8 Å². The smallest absolute Gasteiger partial charge is 0.139 e. The standard InChI is InChI=1S/C13H18N2O/c1-4-15(5-2)12-8-7-11(10-14)13(9-12)16-6-3/h7-9H,4-6H2,1-3H3. The van der Waals surface area contributed by atoms with Gasteiger partial charge in [-0.3, -0.25) is 0 Å². The third-order valence-corrected chi connectivity index (χ3v) is 2.51. The maximum atomic E-state index is 8.95. The molecule has 0 aromatic heterocycles. The normalized spacial score (nSPS) is 9.62. The number of hydrogen-bond donors (Lipinski definition) is 0. The van der Waals surface area contributed by atoms with Crippen LogP contribution in [0.3, 0.4) is 0 Å². The number of rotatable bonds is 5. The van der Waals surface area contributed by atoms with Gasteiger partial charge in [0.15, 0.2) is 0 Å². The first-order valence-electron chi connectivity index (χ1n) is 5.68. The second-order valence-electron chi connectivity index (χ2n) is 3.40. The first-order valence-corrected chi connectivity index (χ1v) is 5.68. The molecule has 0 aliphatic heterocycles. The highest BCUT2D eigenvalue weighted by molar-refractivity contribution is 5.56. The molecule has 0 spiro atoms. The van der Waals surface area contributed by atoms with Crippen molar-refractivity contribution in [2.45, 2.75) is 20.8 Å². The summed E-state index contributed by atoms with van der Waals surface area (Å²) in [5.74, 6) is 0.675. The van der Waals surface area contributed by atoms with Gasteiger partial charge < -0.3 is 9.64 Å². The van der Waals surface area contributed by atoms with Crippen molar-refractivity contribution in [1.82, 2.24) is 0 Å². The molecule has 0 amide bonds. The second kappa shape index (κ2) is 6.02. The third-order valence-electron chi connectivity index (χ3n) is 2.51. The summed E-state index contributed by atoms with van der Waals surface area (Å²) in [6, 6.07) is 7.86. The molecule has 1 aromatic carbocycles. The number of hydrogen-bond acceptors (Lipinski definition) is 3. The second-order valence-corrected chi connectivity index (χ2v) is 3.40. The summed E-state index contributed by atoms with van der Waals surface area (Å²) in [5.41, 5.74) is 1.70. The van der Waals surface area contributed by atoms with Gasteiger partial charge in [-0.15, -0.1) is 0 Å². The molecule has 0 N–H and O–H groups in total. The van der Waals surface area contributed by atoms with E-state index in [0.29, 0.717) is 17.9 Å². The topological polar surface area (TPSA) is 36.3 Å². The molecular weight excluding hydrogens is 200 g/mol. The van der Waals surface area contributed by atoms with Crippen LogP contribution in [0.2, 0.25) is 0 Å². The van der Waals surface area contributed by atoms with Gasteiger partial charge >= 0.3 is 0 Å². The van der Waals surface area contributed by atoms with E-state index in [4.69, 9.17) is 10.00 Å². The lowest BCUT2D eigenvalue weighted by atomic mass is 10.2. The molecule has 1 rings (SSSR count). The van der Waals surface area contributed by atoms with Gasteiger partial charge in [0.05, 0.1) is 12.2 Å². The van der Waals surface area contributed by atoms with Crippen molar-refractivity contribution in [3.8, 4) is 11.8 Å². The molecule has 0 bridgehead atoms. The summed E-state index contributed by atoms with van der Waals surface area (Å²) in [6.45, 7) is 8.63. The largest absolute Gasteiger partial charge is 0.492 e. The van der Waals surface area contributed by atoms with Crippen molar-refractivity contribution in [3.05, 3.63) is 23.8 Å². The Morgan fingerprint density at radius 2 is 1.94 bits per heavy atom. The van der Waals surface area contributed by atoms with Gasteiger partial charge in [0.2, 0.25) is 0 Å². The lowest BCUT2D eigenvalue weighted by molar-refractivity contribution is 0.339. The predicted octanol–water partition coefficient (Wildman–Crippen LogP) is 2.80. The van der Waals surface area contributed by atoms with Gasteiger partial charge in [-0.05, 0) is 32.9 Å². The van der Waals surface area contributed by atoms with Gasteiger partial charge in [0.25, 0.3) is 0 Å². The molecule has 0 saturated heterocycles. The van der Waals surface area contributed by atoms with E-state index in [1.807, 2.05) is 25.1 Å². The molecule has 0 fully saturated rings. The highest BCUT2D eigenvalue weighted by Gasteiger charge is 2.07. The SMILES string of the molecule is CCOc1cc(N(CC)CC)ccc1C#N. The van der Waals surface area contributed by atoms with Crippen LogP contribution in [0.25, 0.3) is 0 Å². The van der Waals surface area contributed by atoms with Crippen molar-refractivity contribution in [2.24, 2.45) is 0 Å². The van der Waals surface area contributed by atoms with E-state index in [-0.39, 0.29) is 0 Å². The molecule has 0 aliphatic carbocycles. The maximum absolute atomic E-state index is 8.95. The molecule has 0 atom stereocenters. The fourth-order valence-corrected chi connectivity index (χ4v) is 1.66. The lowest BCUT2D eigenvalue weighted by Gasteiger charge is -2.21. The third kappa shape index (κ3) is 2.66. The molecule has 0 saturated carbocycles. The molecule has 1 aromatic rings. The molecule has 0 heterocycles. The fraction of sp³-hybridized carbons (Fsp3) is 0.462. The van der Waals surface area contributed by atoms with Crippen LogP contribution < -0.4 is 9.64 Å². The lowest BCUT2D eigenvalue weighted by Crippen LogP contribution is -2.21. The summed E-state index contributed by atoms with van der Waals surface area (Å²) in [4.78, 5) is 2.23. The zero-order valence-corrected chi connectivity index (χ0v) is 10.2. The fourth-order valence-electron chi connectivity index (χ4n) is 1.66. The van der Waals surface area contributed by atoms with E-state index >= 15 is 0 Å². The zero-order valence-electron chi connectivity index (χ0n) is 10.2. The van der Waals surface area contributed by atoms with Gasteiger partial charge in [-0.1, -0.05) is 0 Å². The summed E-state index contributed by atoms with van der Waals surface area (Å²) in [7, 11) is 0. The van der Waals surface area contributed by atoms with Crippen molar-refractivity contribution in [1.29, 1.82) is 5.26 Å².